The summed E-state index contributed by atoms with van der Waals surface area (Å²) in [5.41, 5.74) is 0.759. The van der Waals surface area contributed by atoms with Crippen LogP contribution < -0.4 is 9.46 Å². The van der Waals surface area contributed by atoms with Gasteiger partial charge in [0.15, 0.2) is 9.84 Å². The Hall–Kier alpha value is -1.89. The van der Waals surface area contributed by atoms with Crippen molar-refractivity contribution in [2.75, 3.05) is 32.4 Å². The number of nitrogens with zero attached hydrogens (tertiary/aromatic N) is 2. The predicted octanol–water partition coefficient (Wildman–Crippen LogP) is 3.69. The summed E-state index contributed by atoms with van der Waals surface area (Å²) in [4.78, 5) is 14.9. The van der Waals surface area contributed by atoms with Crippen molar-refractivity contribution >= 4 is 49.2 Å². The second kappa shape index (κ2) is 11.7. The molecule has 2 saturated heterocycles. The van der Waals surface area contributed by atoms with Gasteiger partial charge in [0.1, 0.15) is 11.9 Å². The Morgan fingerprint density at radius 3 is 2.26 bits per heavy atom. The summed E-state index contributed by atoms with van der Waals surface area (Å²) in [6, 6.07) is 9.12. The molecule has 0 unspecified atom stereocenters. The highest BCUT2D eigenvalue weighted by Crippen LogP contribution is 2.34. The van der Waals surface area contributed by atoms with Crippen LogP contribution in [0.25, 0.3) is 0 Å². The third-order valence-corrected chi connectivity index (χ3v) is 10.6. The van der Waals surface area contributed by atoms with Gasteiger partial charge in [-0.3, -0.25) is 4.79 Å². The molecule has 1 amide bonds. The van der Waals surface area contributed by atoms with Crippen LogP contribution in [0.15, 0.2) is 41.3 Å². The quantitative estimate of drug-likeness (QED) is 0.513. The van der Waals surface area contributed by atoms with E-state index >= 15 is 0 Å². The summed E-state index contributed by atoms with van der Waals surface area (Å²) in [5.74, 6) is -0.230. The number of rotatable bonds is 7. The zero-order valence-corrected chi connectivity index (χ0v) is 24.3. The van der Waals surface area contributed by atoms with Crippen molar-refractivity contribution in [1.29, 1.82) is 0 Å². The molecule has 2 aliphatic heterocycles. The summed E-state index contributed by atoms with van der Waals surface area (Å²) in [5, 5.41) is 1.13. The molecule has 0 aliphatic carbocycles. The van der Waals surface area contributed by atoms with Gasteiger partial charge in [-0.1, -0.05) is 29.3 Å². The molecule has 4 rings (SSSR count). The lowest BCUT2D eigenvalue weighted by atomic mass is 10.00. The fourth-order valence-corrected chi connectivity index (χ4v) is 7.08. The highest BCUT2D eigenvalue weighted by Gasteiger charge is 2.33. The number of hydrogen-bond donors (Lipinski definition) is 1. The molecule has 13 heteroatoms. The molecule has 208 valence electrons. The van der Waals surface area contributed by atoms with E-state index in [4.69, 9.17) is 27.9 Å². The molecule has 2 heterocycles. The van der Waals surface area contributed by atoms with Crippen molar-refractivity contribution in [1.82, 2.24) is 13.9 Å². The molecule has 0 aromatic heterocycles. The maximum atomic E-state index is 12.8. The summed E-state index contributed by atoms with van der Waals surface area (Å²) >= 11 is 12.5. The molecule has 0 atom stereocenters. The highest BCUT2D eigenvalue weighted by molar-refractivity contribution is 7.90. The summed E-state index contributed by atoms with van der Waals surface area (Å²) in [6.45, 7) is 4.09. The van der Waals surface area contributed by atoms with Gasteiger partial charge in [-0.05, 0) is 68.5 Å². The monoisotopic (exact) mass is 603 g/mol. The number of amides is 1. The van der Waals surface area contributed by atoms with Gasteiger partial charge in [-0.2, -0.15) is 12.7 Å². The van der Waals surface area contributed by atoms with Gasteiger partial charge in [0, 0.05) is 49.1 Å². The first-order chi connectivity index (χ1) is 17.8. The standard InChI is InChI=1S/C25H31Cl2N3O6S2/c1-17-22(26)6-7-23(24(17)27)36-20-10-12-29(13-11-20)19-8-14-30(15-9-19)38(34,35)28-25(31)18-4-3-5-21(16-18)37(2,32)33/h3-7,16,19-20H,8-15H2,1-2H3,(H,28,31). The van der Waals surface area contributed by atoms with Crippen LogP contribution in [0, 0.1) is 6.92 Å². The van der Waals surface area contributed by atoms with Crippen LogP contribution in [0.2, 0.25) is 10.0 Å². The zero-order valence-electron chi connectivity index (χ0n) is 21.2. The maximum Gasteiger partial charge on any atom is 0.304 e. The van der Waals surface area contributed by atoms with Crippen LogP contribution in [0.4, 0.5) is 0 Å². The van der Waals surface area contributed by atoms with E-state index in [-0.39, 0.29) is 35.7 Å². The minimum Gasteiger partial charge on any atom is -0.489 e. The molecule has 2 aliphatic rings. The first-order valence-corrected chi connectivity index (χ1v) is 16.4. The number of halogens is 2. The second-order valence-electron chi connectivity index (χ2n) is 9.70. The van der Waals surface area contributed by atoms with Gasteiger partial charge in [-0.15, -0.1) is 0 Å². The Kier molecular flexibility index (Phi) is 8.95. The number of nitrogens with one attached hydrogen (secondary N) is 1. The average molecular weight is 605 g/mol. The van der Waals surface area contributed by atoms with E-state index in [1.54, 1.807) is 12.1 Å². The highest BCUT2D eigenvalue weighted by atomic mass is 35.5. The lowest BCUT2D eigenvalue weighted by Crippen LogP contribution is -2.52. The van der Waals surface area contributed by atoms with Crippen LogP contribution in [0.5, 0.6) is 5.75 Å². The number of ether oxygens (including phenoxy) is 1. The first kappa shape index (κ1) is 29.1. The van der Waals surface area contributed by atoms with Gasteiger partial charge in [0.2, 0.25) is 0 Å². The number of sulfone groups is 1. The van der Waals surface area contributed by atoms with E-state index in [0.29, 0.717) is 28.6 Å². The van der Waals surface area contributed by atoms with Gasteiger partial charge in [0.05, 0.1) is 9.92 Å². The van der Waals surface area contributed by atoms with Gasteiger partial charge < -0.3 is 9.64 Å². The number of piperidine rings is 2. The number of carbonyl (C=O) groups excluding carboxylic acids is 1. The number of likely N-dealkylation sites (tertiary alicyclic amines) is 1. The third kappa shape index (κ3) is 6.81. The average Bonchev–Trinajstić information content (AvgIpc) is 2.89. The molecule has 9 nitrogen and oxygen atoms in total. The van der Waals surface area contributed by atoms with Crippen LogP contribution in [0.1, 0.15) is 41.6 Å². The number of carbonyl (C=O) groups is 1. The smallest absolute Gasteiger partial charge is 0.304 e. The van der Waals surface area contributed by atoms with Gasteiger partial charge in [0.25, 0.3) is 5.91 Å². The Labute approximate surface area is 234 Å². The predicted molar refractivity (Wildman–Crippen MR) is 147 cm³/mol. The molecular weight excluding hydrogens is 573 g/mol. The molecule has 1 N–H and O–H groups in total. The Morgan fingerprint density at radius 2 is 1.63 bits per heavy atom. The van der Waals surface area contributed by atoms with E-state index in [0.717, 1.165) is 37.8 Å². The summed E-state index contributed by atoms with van der Waals surface area (Å²) in [7, 11) is -7.59. The van der Waals surface area contributed by atoms with Gasteiger partial charge in [-0.25, -0.2) is 13.1 Å². The van der Waals surface area contributed by atoms with Crippen molar-refractivity contribution in [3.63, 3.8) is 0 Å². The summed E-state index contributed by atoms with van der Waals surface area (Å²) in [6.07, 6.45) is 4.02. The lowest BCUT2D eigenvalue weighted by molar-refractivity contribution is 0.0584. The summed E-state index contributed by atoms with van der Waals surface area (Å²) < 4.78 is 58.7. The zero-order chi connectivity index (χ0) is 27.7. The lowest BCUT2D eigenvalue weighted by Gasteiger charge is -2.41. The Bertz CT molecular complexity index is 1400. The molecule has 0 bridgehead atoms. The SMILES string of the molecule is Cc1c(Cl)ccc(OC2CCN(C3CCN(S(=O)(=O)NC(=O)c4cccc(S(C)(=O)=O)c4)CC3)CC2)c1Cl. The fourth-order valence-electron chi connectivity index (χ4n) is 4.82. The van der Waals surface area contributed by atoms with Crippen LogP contribution in [-0.2, 0) is 20.0 Å². The molecular formula is C25H31Cl2N3O6S2. The van der Waals surface area contributed by atoms with Crippen molar-refractivity contribution < 1.29 is 26.4 Å². The van der Waals surface area contributed by atoms with E-state index in [9.17, 15) is 21.6 Å². The normalized spacial score (nSPS) is 18.8. The number of benzene rings is 2. The Morgan fingerprint density at radius 1 is 0.974 bits per heavy atom. The van der Waals surface area contributed by atoms with Crippen LogP contribution >= 0.6 is 23.2 Å². The largest absolute Gasteiger partial charge is 0.489 e. The van der Waals surface area contributed by atoms with Crippen molar-refractivity contribution in [3.05, 3.63) is 57.6 Å². The van der Waals surface area contributed by atoms with E-state index < -0.39 is 26.0 Å². The van der Waals surface area contributed by atoms with E-state index in [1.165, 1.54) is 28.6 Å². The Balaban J connectivity index is 1.27. The number of hydrogen-bond acceptors (Lipinski definition) is 7. The second-order valence-corrected chi connectivity index (χ2v) is 14.2. The maximum absolute atomic E-state index is 12.8. The molecule has 0 radical (unpaired) electrons. The van der Waals surface area contributed by atoms with E-state index in [1.807, 2.05) is 6.92 Å². The van der Waals surface area contributed by atoms with Gasteiger partial charge >= 0.3 is 10.2 Å². The third-order valence-electron chi connectivity index (χ3n) is 7.08. The van der Waals surface area contributed by atoms with Crippen LogP contribution in [-0.4, -0.2) is 76.5 Å². The molecule has 38 heavy (non-hydrogen) atoms. The first-order valence-electron chi connectivity index (χ1n) is 12.3. The molecule has 0 spiro atoms. The fraction of sp³-hybridized carbons (Fsp3) is 0.480. The van der Waals surface area contributed by atoms with E-state index in [2.05, 4.69) is 9.62 Å². The van der Waals surface area contributed by atoms with Crippen molar-refractivity contribution in [2.24, 2.45) is 0 Å². The minimum absolute atomic E-state index is 0.0356. The topological polar surface area (TPSA) is 113 Å². The molecule has 0 saturated carbocycles. The van der Waals surface area contributed by atoms with Crippen LogP contribution in [0.3, 0.4) is 0 Å². The molecule has 2 aromatic rings. The molecule has 2 fully saturated rings. The minimum atomic E-state index is -4.06. The van der Waals surface area contributed by atoms with Crippen molar-refractivity contribution in [3.8, 4) is 5.75 Å². The van der Waals surface area contributed by atoms with Crippen molar-refractivity contribution in [2.45, 2.75) is 49.6 Å². The molecule has 2 aromatic carbocycles.